The quantitative estimate of drug-likeness (QED) is 0.359. The number of fused-ring (bicyclic) bond motifs is 1. The van der Waals surface area contributed by atoms with Gasteiger partial charge in [-0.05, 0) is 39.0 Å². The van der Waals surface area contributed by atoms with Gasteiger partial charge in [0.1, 0.15) is 6.67 Å². The molecule has 0 spiro atoms. The number of benzene rings is 1. The number of hydrogen-bond acceptors (Lipinski definition) is 7. The molecule has 0 aliphatic heterocycles. The minimum absolute atomic E-state index is 0.0558. The normalized spacial score (nSPS) is 12.0. The largest absolute Gasteiger partial charge is 0.329 e. The molecule has 3 aromatic heterocycles. The summed E-state index contributed by atoms with van der Waals surface area (Å²) in [6, 6.07) is 3.97. The van der Waals surface area contributed by atoms with E-state index in [0.717, 1.165) is 15.6 Å². The summed E-state index contributed by atoms with van der Waals surface area (Å²) >= 11 is 1.44. The van der Waals surface area contributed by atoms with Gasteiger partial charge in [-0.25, -0.2) is 27.3 Å². The van der Waals surface area contributed by atoms with Crippen molar-refractivity contribution in [3.8, 4) is 0 Å². The highest BCUT2D eigenvalue weighted by Crippen LogP contribution is 2.21. The Morgan fingerprint density at radius 1 is 1.18 bits per heavy atom. The molecule has 0 fully saturated rings. The summed E-state index contributed by atoms with van der Waals surface area (Å²) in [5.41, 5.74) is 0.907. The Kier molecular flexibility index (Phi) is 6.03. The number of thiazole rings is 1. The molecule has 0 amide bonds. The van der Waals surface area contributed by atoms with Crippen LogP contribution in [0.2, 0.25) is 0 Å². The Balaban J connectivity index is 1.71. The number of aromatic nitrogens is 5. The third-order valence-electron chi connectivity index (χ3n) is 5.31. The van der Waals surface area contributed by atoms with Gasteiger partial charge >= 0.3 is 5.69 Å². The highest BCUT2D eigenvalue weighted by Gasteiger charge is 2.19. The SMILES string of the molecule is Cc1nc(C)c(Cn2c(=O)[nH]c(=O)c3cc(S(=O)(=O)NCc4c(C)n[nH]c4CF)ccc32)s1. The van der Waals surface area contributed by atoms with Crippen LogP contribution in [0.3, 0.4) is 0 Å². The van der Waals surface area contributed by atoms with Crippen LogP contribution >= 0.6 is 11.3 Å². The topological polar surface area (TPSA) is 143 Å². The number of H-pyrrole nitrogens is 2. The van der Waals surface area contributed by atoms with Gasteiger partial charge in [-0.3, -0.25) is 19.4 Å². The average molecular weight is 493 g/mol. The second-order valence-electron chi connectivity index (χ2n) is 7.49. The fourth-order valence-corrected chi connectivity index (χ4v) is 5.51. The number of aromatic amines is 2. The molecule has 0 saturated heterocycles. The molecule has 0 aliphatic rings. The maximum Gasteiger partial charge on any atom is 0.329 e. The van der Waals surface area contributed by atoms with Gasteiger partial charge in [0.2, 0.25) is 10.0 Å². The molecule has 0 atom stereocenters. The fourth-order valence-electron chi connectivity index (χ4n) is 3.56. The third-order valence-corrected chi connectivity index (χ3v) is 7.77. The summed E-state index contributed by atoms with van der Waals surface area (Å²) in [7, 11) is -4.03. The summed E-state index contributed by atoms with van der Waals surface area (Å²) in [4.78, 5) is 32.3. The zero-order valence-corrected chi connectivity index (χ0v) is 19.7. The van der Waals surface area contributed by atoms with Crippen molar-refractivity contribution in [3.05, 3.63) is 71.6 Å². The fraction of sp³-hybridized carbons (Fsp3) is 0.300. The zero-order valence-electron chi connectivity index (χ0n) is 18.0. The van der Waals surface area contributed by atoms with Gasteiger partial charge in [0, 0.05) is 17.0 Å². The number of sulfonamides is 1. The van der Waals surface area contributed by atoms with E-state index in [1.807, 2.05) is 13.8 Å². The summed E-state index contributed by atoms with van der Waals surface area (Å²) in [6.45, 7) is 4.56. The van der Waals surface area contributed by atoms with Crippen LogP contribution in [0.5, 0.6) is 0 Å². The van der Waals surface area contributed by atoms with Crippen molar-refractivity contribution in [2.75, 3.05) is 0 Å². The predicted molar refractivity (Wildman–Crippen MR) is 122 cm³/mol. The van der Waals surface area contributed by atoms with Crippen molar-refractivity contribution in [1.82, 2.24) is 29.5 Å². The Morgan fingerprint density at radius 3 is 2.61 bits per heavy atom. The molecular weight excluding hydrogens is 471 g/mol. The number of halogens is 1. The van der Waals surface area contributed by atoms with Gasteiger partial charge in [-0.15, -0.1) is 11.3 Å². The number of nitrogens with zero attached hydrogens (tertiary/aromatic N) is 3. The first-order chi connectivity index (χ1) is 15.6. The Morgan fingerprint density at radius 2 is 1.94 bits per heavy atom. The summed E-state index contributed by atoms with van der Waals surface area (Å²) in [6.07, 6.45) is 0. The van der Waals surface area contributed by atoms with E-state index < -0.39 is 27.9 Å². The number of nitrogens with one attached hydrogen (secondary N) is 3. The Labute approximate surface area is 191 Å². The van der Waals surface area contributed by atoms with Gasteiger partial charge < -0.3 is 0 Å². The summed E-state index contributed by atoms with van der Waals surface area (Å²) in [5.74, 6) is 0. The van der Waals surface area contributed by atoms with Crippen molar-refractivity contribution in [2.24, 2.45) is 0 Å². The molecule has 0 bridgehead atoms. The van der Waals surface area contributed by atoms with Crippen molar-refractivity contribution in [3.63, 3.8) is 0 Å². The average Bonchev–Trinajstić information content (AvgIpc) is 3.29. The molecule has 0 radical (unpaired) electrons. The second-order valence-corrected chi connectivity index (χ2v) is 10.5. The van der Waals surface area contributed by atoms with E-state index in [9.17, 15) is 22.4 Å². The molecule has 0 saturated carbocycles. The smallest absolute Gasteiger partial charge is 0.288 e. The van der Waals surface area contributed by atoms with Gasteiger partial charge in [0.15, 0.2) is 0 Å². The van der Waals surface area contributed by atoms with Crippen molar-refractivity contribution >= 4 is 32.3 Å². The molecule has 10 nitrogen and oxygen atoms in total. The number of rotatable bonds is 7. The highest BCUT2D eigenvalue weighted by atomic mass is 32.2. The van der Waals surface area contributed by atoms with Crippen LogP contribution in [-0.2, 0) is 29.8 Å². The Hall–Kier alpha value is -3.16. The number of alkyl halides is 1. The first kappa shape index (κ1) is 23.0. The van der Waals surface area contributed by atoms with E-state index >= 15 is 0 Å². The molecule has 3 heterocycles. The maximum atomic E-state index is 13.1. The van der Waals surface area contributed by atoms with Gasteiger partial charge in [0.25, 0.3) is 5.56 Å². The number of aryl methyl sites for hydroxylation is 3. The second kappa shape index (κ2) is 8.65. The van der Waals surface area contributed by atoms with Crippen LogP contribution in [0.1, 0.15) is 32.5 Å². The highest BCUT2D eigenvalue weighted by molar-refractivity contribution is 7.89. The van der Waals surface area contributed by atoms with E-state index in [-0.39, 0.29) is 29.1 Å². The zero-order chi connectivity index (χ0) is 23.9. The standard InChI is InChI=1S/C20H21FN6O4S2/c1-10-15(16(7-21)26-25-10)8-22-33(30,31)13-4-5-17-14(6-13)19(28)24-20(29)27(17)9-18-11(2)23-12(3)32-18/h4-6,22H,7-9H2,1-3H3,(H,25,26)(H,24,28,29). The van der Waals surface area contributed by atoms with Gasteiger partial charge in [-0.2, -0.15) is 5.10 Å². The predicted octanol–water partition coefficient (Wildman–Crippen LogP) is 1.79. The van der Waals surface area contributed by atoms with Gasteiger partial charge in [0.05, 0.1) is 44.4 Å². The van der Waals surface area contributed by atoms with E-state index in [4.69, 9.17) is 0 Å². The molecule has 0 aliphatic carbocycles. The number of hydrogen-bond donors (Lipinski definition) is 3. The van der Waals surface area contributed by atoms with E-state index in [1.54, 1.807) is 6.92 Å². The summed E-state index contributed by atoms with van der Waals surface area (Å²) in [5, 5.41) is 7.33. The lowest BCUT2D eigenvalue weighted by Gasteiger charge is -2.11. The maximum absolute atomic E-state index is 13.1. The molecule has 174 valence electrons. The molecule has 1 aromatic carbocycles. The molecular formula is C20H21FN6O4S2. The lowest BCUT2D eigenvalue weighted by Crippen LogP contribution is -2.31. The molecule has 0 unspecified atom stereocenters. The van der Waals surface area contributed by atoms with Crippen LogP contribution in [-0.4, -0.2) is 33.2 Å². The van der Waals surface area contributed by atoms with Crippen molar-refractivity contribution < 1.29 is 12.8 Å². The Bertz CT molecular complexity index is 1580. The van der Waals surface area contributed by atoms with Crippen LogP contribution in [0.4, 0.5) is 4.39 Å². The lowest BCUT2D eigenvalue weighted by atomic mass is 10.2. The molecule has 4 rings (SSSR count). The van der Waals surface area contributed by atoms with Crippen LogP contribution in [0.25, 0.3) is 10.9 Å². The van der Waals surface area contributed by atoms with Gasteiger partial charge in [-0.1, -0.05) is 0 Å². The van der Waals surface area contributed by atoms with Crippen LogP contribution < -0.4 is 16.0 Å². The summed E-state index contributed by atoms with van der Waals surface area (Å²) < 4.78 is 42.6. The third kappa shape index (κ3) is 4.38. The first-order valence-corrected chi connectivity index (χ1v) is 12.2. The van der Waals surface area contributed by atoms with E-state index in [0.29, 0.717) is 16.8 Å². The molecule has 3 N–H and O–H groups in total. The van der Waals surface area contributed by atoms with Crippen molar-refractivity contribution in [2.45, 2.75) is 45.4 Å². The van der Waals surface area contributed by atoms with E-state index in [1.165, 1.54) is 34.1 Å². The van der Waals surface area contributed by atoms with Crippen LogP contribution in [0.15, 0.2) is 32.7 Å². The minimum Gasteiger partial charge on any atom is -0.288 e. The molecule has 4 aromatic rings. The van der Waals surface area contributed by atoms with Crippen molar-refractivity contribution in [1.29, 1.82) is 0 Å². The lowest BCUT2D eigenvalue weighted by molar-refractivity contribution is 0.472. The minimum atomic E-state index is -4.03. The first-order valence-electron chi connectivity index (χ1n) is 9.89. The van der Waals surface area contributed by atoms with Crippen LogP contribution in [0, 0.1) is 20.8 Å². The molecule has 13 heteroatoms. The monoisotopic (exact) mass is 492 g/mol. The molecule has 33 heavy (non-hydrogen) atoms. The van der Waals surface area contributed by atoms with E-state index in [2.05, 4.69) is 24.9 Å².